The minimum absolute atomic E-state index is 0.00182. The lowest BCUT2D eigenvalue weighted by molar-refractivity contribution is -0.384. The Kier molecular flexibility index (Phi) is 13.2. The van der Waals surface area contributed by atoms with Gasteiger partial charge in [0.05, 0.1) is 16.3 Å². The molecule has 0 spiro atoms. The van der Waals surface area contributed by atoms with Crippen molar-refractivity contribution in [2.24, 2.45) is 10.2 Å². The number of nitro groups is 1. The van der Waals surface area contributed by atoms with Crippen LogP contribution in [-0.2, 0) is 4.79 Å². The average molecular weight is 496 g/mol. The molecule has 8 nitrogen and oxygen atoms in total. The summed E-state index contributed by atoms with van der Waals surface area (Å²) in [6.45, 7) is 8.12. The summed E-state index contributed by atoms with van der Waals surface area (Å²) in [5, 5.41) is 22.4. The number of benzene rings is 2. The quantitative estimate of drug-likeness (QED) is 0.103. The number of hydrogen-bond acceptors (Lipinski definition) is 6. The molecule has 0 saturated heterocycles. The summed E-state index contributed by atoms with van der Waals surface area (Å²) in [6.07, 6.45) is 11.3. The van der Waals surface area contributed by atoms with E-state index in [-0.39, 0.29) is 11.6 Å². The summed E-state index contributed by atoms with van der Waals surface area (Å²) in [6, 6.07) is 11.6. The normalized spacial score (nSPS) is 11.1. The third kappa shape index (κ3) is 10.1. The number of rotatable bonds is 17. The van der Waals surface area contributed by atoms with Gasteiger partial charge in [-0.15, -0.1) is 5.11 Å². The Morgan fingerprint density at radius 2 is 1.47 bits per heavy atom. The molecule has 2 rings (SSSR count). The minimum atomic E-state index is -0.450. The van der Waals surface area contributed by atoms with Gasteiger partial charge in [0.2, 0.25) is 5.91 Å². The molecule has 36 heavy (non-hydrogen) atoms. The first kappa shape index (κ1) is 28.9. The summed E-state index contributed by atoms with van der Waals surface area (Å²) < 4.78 is 0. The van der Waals surface area contributed by atoms with E-state index in [4.69, 9.17) is 0 Å². The van der Waals surface area contributed by atoms with Crippen molar-refractivity contribution < 1.29 is 9.72 Å². The largest absolute Gasteiger partial charge is 0.372 e. The molecule has 8 heteroatoms. The van der Waals surface area contributed by atoms with Crippen molar-refractivity contribution in [2.45, 2.75) is 85.0 Å². The maximum atomic E-state index is 12.7. The lowest BCUT2D eigenvalue weighted by atomic mass is 10.1. The van der Waals surface area contributed by atoms with Crippen LogP contribution >= 0.6 is 0 Å². The first-order chi connectivity index (χ1) is 17.5. The summed E-state index contributed by atoms with van der Waals surface area (Å²) in [5.41, 5.74) is 2.67. The minimum Gasteiger partial charge on any atom is -0.372 e. The Morgan fingerprint density at radius 3 is 2.06 bits per heavy atom. The van der Waals surface area contributed by atoms with Crippen LogP contribution in [0.2, 0.25) is 0 Å². The molecular weight excluding hydrogens is 454 g/mol. The highest BCUT2D eigenvalue weighted by molar-refractivity contribution is 5.94. The predicted octanol–water partition coefficient (Wildman–Crippen LogP) is 8.72. The molecule has 0 unspecified atom stereocenters. The van der Waals surface area contributed by atoms with Gasteiger partial charge >= 0.3 is 0 Å². The van der Waals surface area contributed by atoms with Gasteiger partial charge in [-0.1, -0.05) is 58.3 Å². The number of hydrogen-bond donors (Lipinski definition) is 1. The zero-order valence-corrected chi connectivity index (χ0v) is 22.0. The molecule has 0 atom stereocenters. The van der Waals surface area contributed by atoms with Crippen LogP contribution in [-0.4, -0.2) is 23.9 Å². The van der Waals surface area contributed by atoms with Crippen molar-refractivity contribution in [1.82, 2.24) is 0 Å². The number of unbranched alkanes of at least 4 members (excludes halogenated alkanes) is 8. The zero-order chi connectivity index (χ0) is 26.2. The third-order valence-electron chi connectivity index (χ3n) is 6.22. The van der Waals surface area contributed by atoms with Gasteiger partial charge in [-0.2, -0.15) is 5.11 Å². The van der Waals surface area contributed by atoms with Crippen LogP contribution in [0.15, 0.2) is 52.7 Å². The van der Waals surface area contributed by atoms with E-state index in [1.807, 2.05) is 18.2 Å². The van der Waals surface area contributed by atoms with Gasteiger partial charge in [-0.25, -0.2) is 0 Å². The van der Waals surface area contributed by atoms with Crippen LogP contribution in [0.4, 0.5) is 28.4 Å². The predicted molar refractivity (Wildman–Crippen MR) is 148 cm³/mol. The van der Waals surface area contributed by atoms with Crippen molar-refractivity contribution in [2.75, 3.05) is 23.3 Å². The molecule has 0 fully saturated rings. The SMILES string of the molecule is CCCCCCCCCCCC(=O)Nc1cc(N(CC)CC)ccc1N=Nc1ccc([N+](=O)[O-])cc1. The Bertz CT molecular complexity index is 972. The van der Waals surface area contributed by atoms with E-state index in [0.717, 1.165) is 31.6 Å². The summed E-state index contributed by atoms with van der Waals surface area (Å²) in [4.78, 5) is 25.3. The second-order valence-corrected chi connectivity index (χ2v) is 8.97. The van der Waals surface area contributed by atoms with Gasteiger partial charge in [0.15, 0.2) is 0 Å². The maximum Gasteiger partial charge on any atom is 0.269 e. The van der Waals surface area contributed by atoms with E-state index in [2.05, 4.69) is 41.2 Å². The van der Waals surface area contributed by atoms with Gasteiger partial charge in [-0.05, 0) is 50.6 Å². The standard InChI is InChI=1S/C28H41N5O3/c1-4-7-8-9-10-11-12-13-14-15-28(34)29-27-22-25(32(5-2)6-3)20-21-26(27)31-30-23-16-18-24(19-17-23)33(35)36/h16-22H,4-15H2,1-3H3,(H,29,34). The lowest BCUT2D eigenvalue weighted by Crippen LogP contribution is -2.22. The monoisotopic (exact) mass is 495 g/mol. The molecule has 0 aromatic heterocycles. The number of carbonyl (C=O) groups excluding carboxylic acids is 1. The van der Waals surface area contributed by atoms with Crippen molar-refractivity contribution >= 4 is 34.3 Å². The highest BCUT2D eigenvalue weighted by Gasteiger charge is 2.11. The average Bonchev–Trinajstić information content (AvgIpc) is 2.88. The van der Waals surface area contributed by atoms with Crippen LogP contribution in [0.5, 0.6) is 0 Å². The molecule has 0 bridgehead atoms. The summed E-state index contributed by atoms with van der Waals surface area (Å²) in [7, 11) is 0. The van der Waals surface area contributed by atoms with Crippen LogP contribution < -0.4 is 10.2 Å². The van der Waals surface area contributed by atoms with Gasteiger partial charge < -0.3 is 10.2 Å². The summed E-state index contributed by atoms with van der Waals surface area (Å²) in [5.74, 6) is -0.0265. The zero-order valence-electron chi connectivity index (χ0n) is 22.0. The van der Waals surface area contributed by atoms with E-state index >= 15 is 0 Å². The van der Waals surface area contributed by atoms with E-state index in [1.54, 1.807) is 12.1 Å². The van der Waals surface area contributed by atoms with Crippen molar-refractivity contribution in [1.29, 1.82) is 0 Å². The van der Waals surface area contributed by atoms with Gasteiger partial charge in [0.1, 0.15) is 5.69 Å². The van der Waals surface area contributed by atoms with Gasteiger partial charge in [0.25, 0.3) is 5.69 Å². The highest BCUT2D eigenvalue weighted by Crippen LogP contribution is 2.32. The van der Waals surface area contributed by atoms with E-state index < -0.39 is 4.92 Å². The topological polar surface area (TPSA) is 100 Å². The lowest BCUT2D eigenvalue weighted by Gasteiger charge is -2.22. The number of amides is 1. The number of anilines is 2. The Labute approximate surface area is 215 Å². The number of carbonyl (C=O) groups is 1. The number of nitrogens with one attached hydrogen (secondary N) is 1. The molecule has 0 aliphatic rings. The molecule has 1 amide bonds. The van der Waals surface area contributed by atoms with E-state index in [1.165, 1.54) is 57.1 Å². The van der Waals surface area contributed by atoms with Crippen LogP contribution in [0, 0.1) is 10.1 Å². The van der Waals surface area contributed by atoms with Crippen molar-refractivity contribution in [3.05, 3.63) is 52.6 Å². The highest BCUT2D eigenvalue weighted by atomic mass is 16.6. The molecule has 1 N–H and O–H groups in total. The molecule has 0 radical (unpaired) electrons. The number of nitro benzene ring substituents is 1. The molecule has 2 aromatic carbocycles. The molecule has 0 saturated carbocycles. The smallest absolute Gasteiger partial charge is 0.269 e. The Balaban J connectivity index is 2.00. The fourth-order valence-corrected chi connectivity index (χ4v) is 4.06. The third-order valence-corrected chi connectivity index (χ3v) is 6.22. The first-order valence-corrected chi connectivity index (χ1v) is 13.3. The van der Waals surface area contributed by atoms with Crippen LogP contribution in [0.1, 0.15) is 85.0 Å². The second-order valence-electron chi connectivity index (χ2n) is 8.97. The fraction of sp³-hybridized carbons (Fsp3) is 0.536. The molecule has 0 aliphatic carbocycles. The second kappa shape index (κ2) is 16.4. The number of nitrogens with zero attached hydrogens (tertiary/aromatic N) is 4. The summed E-state index contributed by atoms with van der Waals surface area (Å²) >= 11 is 0. The molecule has 196 valence electrons. The number of non-ortho nitro benzene ring substituents is 1. The van der Waals surface area contributed by atoms with Crippen LogP contribution in [0.25, 0.3) is 0 Å². The van der Waals surface area contributed by atoms with Gasteiger partial charge in [-0.3, -0.25) is 14.9 Å². The molecule has 0 heterocycles. The van der Waals surface area contributed by atoms with Crippen molar-refractivity contribution in [3.8, 4) is 0 Å². The Hall–Kier alpha value is -3.29. The van der Waals surface area contributed by atoms with Gasteiger partial charge in [0, 0.05) is 37.3 Å². The van der Waals surface area contributed by atoms with E-state index in [0.29, 0.717) is 23.5 Å². The molecule has 0 aliphatic heterocycles. The Morgan fingerprint density at radius 1 is 0.861 bits per heavy atom. The van der Waals surface area contributed by atoms with E-state index in [9.17, 15) is 14.9 Å². The maximum absolute atomic E-state index is 12.7. The first-order valence-electron chi connectivity index (χ1n) is 13.3. The fourth-order valence-electron chi connectivity index (χ4n) is 4.06. The van der Waals surface area contributed by atoms with Crippen LogP contribution in [0.3, 0.4) is 0 Å². The molecular formula is C28H41N5O3. The van der Waals surface area contributed by atoms with Crippen molar-refractivity contribution in [3.63, 3.8) is 0 Å². The number of azo groups is 1. The molecule has 2 aromatic rings.